The summed E-state index contributed by atoms with van der Waals surface area (Å²) >= 11 is 7.26. The van der Waals surface area contributed by atoms with Crippen LogP contribution in [0.15, 0.2) is 91.6 Å². The SMILES string of the molecule is Cc1ccc(/C(=N/C2=CC(Cl)=CN=NS2)c2ccccc2)cc1. The molecule has 0 aliphatic carbocycles. The summed E-state index contributed by atoms with van der Waals surface area (Å²) in [6.45, 7) is 2.07. The maximum absolute atomic E-state index is 6.06. The fourth-order valence-corrected chi connectivity index (χ4v) is 2.79. The molecule has 2 aromatic rings. The van der Waals surface area contributed by atoms with E-state index >= 15 is 0 Å². The average Bonchev–Trinajstić information content (AvgIpc) is 2.78. The lowest BCUT2D eigenvalue weighted by atomic mass is 10.0. The molecule has 0 atom stereocenters. The van der Waals surface area contributed by atoms with Gasteiger partial charge in [-0.1, -0.05) is 71.8 Å². The number of halogens is 1. The Labute approximate surface area is 144 Å². The minimum Gasteiger partial charge on any atom is -0.239 e. The first-order valence-corrected chi connectivity index (χ1v) is 8.23. The third-order valence-corrected chi connectivity index (χ3v) is 4.00. The lowest BCUT2D eigenvalue weighted by Gasteiger charge is -2.08. The van der Waals surface area contributed by atoms with Gasteiger partial charge >= 0.3 is 0 Å². The van der Waals surface area contributed by atoms with Gasteiger partial charge < -0.3 is 0 Å². The van der Waals surface area contributed by atoms with E-state index in [2.05, 4.69) is 40.8 Å². The molecule has 0 N–H and O–H groups in total. The molecule has 0 spiro atoms. The molecule has 0 radical (unpaired) electrons. The van der Waals surface area contributed by atoms with Crippen LogP contribution in [0.25, 0.3) is 0 Å². The number of hydrogen-bond acceptors (Lipinski definition) is 4. The quantitative estimate of drug-likeness (QED) is 0.509. The van der Waals surface area contributed by atoms with Crippen LogP contribution in [0, 0.1) is 6.92 Å². The smallest absolute Gasteiger partial charge is 0.123 e. The molecule has 0 aromatic heterocycles. The van der Waals surface area contributed by atoms with E-state index in [4.69, 9.17) is 16.6 Å². The van der Waals surface area contributed by atoms with E-state index in [1.165, 1.54) is 23.7 Å². The van der Waals surface area contributed by atoms with E-state index in [1.54, 1.807) is 6.08 Å². The van der Waals surface area contributed by atoms with Gasteiger partial charge in [0, 0.05) is 11.1 Å². The van der Waals surface area contributed by atoms with Crippen LogP contribution in [0.3, 0.4) is 0 Å². The van der Waals surface area contributed by atoms with Crippen LogP contribution in [0.1, 0.15) is 16.7 Å². The van der Waals surface area contributed by atoms with Gasteiger partial charge in [0.1, 0.15) is 5.03 Å². The van der Waals surface area contributed by atoms with Crippen molar-refractivity contribution in [2.45, 2.75) is 6.92 Å². The molecule has 5 heteroatoms. The van der Waals surface area contributed by atoms with Crippen molar-refractivity contribution in [3.05, 3.63) is 93.6 Å². The number of nitrogens with zero attached hydrogens (tertiary/aromatic N) is 3. The highest BCUT2D eigenvalue weighted by Crippen LogP contribution is 2.27. The number of allylic oxidation sites excluding steroid dienone is 2. The molecular formula is C18H14ClN3S. The number of aliphatic imine (C=N–C) groups is 1. The van der Waals surface area contributed by atoms with Crippen molar-refractivity contribution in [1.82, 2.24) is 0 Å². The second-order valence-electron chi connectivity index (χ2n) is 4.98. The summed E-state index contributed by atoms with van der Waals surface area (Å²) < 4.78 is 3.96. The van der Waals surface area contributed by atoms with Gasteiger partial charge in [0.05, 0.1) is 28.9 Å². The monoisotopic (exact) mass is 339 g/mol. The first-order valence-electron chi connectivity index (χ1n) is 7.08. The molecule has 0 amide bonds. The highest BCUT2D eigenvalue weighted by Gasteiger charge is 2.09. The van der Waals surface area contributed by atoms with Crippen LogP contribution in [-0.2, 0) is 0 Å². The Kier molecular flexibility index (Phi) is 5.05. The Morgan fingerprint density at radius 1 is 1.00 bits per heavy atom. The largest absolute Gasteiger partial charge is 0.239 e. The van der Waals surface area contributed by atoms with Crippen molar-refractivity contribution in [3.8, 4) is 0 Å². The van der Waals surface area contributed by atoms with Gasteiger partial charge in [-0.15, -0.1) is 9.63 Å². The van der Waals surface area contributed by atoms with Crippen LogP contribution < -0.4 is 0 Å². The fourth-order valence-electron chi connectivity index (χ4n) is 2.09. The Balaban J connectivity index is 2.09. The summed E-state index contributed by atoms with van der Waals surface area (Å²) in [5, 5.41) is 5.05. The molecule has 1 heterocycles. The molecule has 1 aliphatic heterocycles. The molecular weight excluding hydrogens is 326 g/mol. The van der Waals surface area contributed by atoms with Crippen LogP contribution >= 0.6 is 23.5 Å². The van der Waals surface area contributed by atoms with E-state index in [0.717, 1.165) is 16.8 Å². The molecule has 3 nitrogen and oxygen atoms in total. The Morgan fingerprint density at radius 3 is 2.43 bits per heavy atom. The summed E-state index contributed by atoms with van der Waals surface area (Å²) in [6.07, 6.45) is 3.27. The van der Waals surface area contributed by atoms with E-state index in [0.29, 0.717) is 10.1 Å². The maximum atomic E-state index is 6.06. The summed E-state index contributed by atoms with van der Waals surface area (Å²) in [5.74, 6) is 0. The Bertz CT molecular complexity index is 806. The molecule has 0 saturated heterocycles. The summed E-state index contributed by atoms with van der Waals surface area (Å²) in [5.41, 5.74) is 4.18. The molecule has 3 rings (SSSR count). The van der Waals surface area contributed by atoms with Gasteiger partial charge in [-0.2, -0.15) is 0 Å². The summed E-state index contributed by atoms with van der Waals surface area (Å²) in [7, 11) is 0. The van der Waals surface area contributed by atoms with Gasteiger partial charge in [-0.05, 0) is 13.0 Å². The molecule has 2 aromatic carbocycles. The first-order chi connectivity index (χ1) is 11.2. The summed E-state index contributed by atoms with van der Waals surface area (Å²) in [4.78, 5) is 4.78. The number of rotatable bonds is 3. The highest BCUT2D eigenvalue weighted by atomic mass is 35.5. The van der Waals surface area contributed by atoms with E-state index in [9.17, 15) is 0 Å². The van der Waals surface area contributed by atoms with Crippen molar-refractivity contribution < 1.29 is 0 Å². The van der Waals surface area contributed by atoms with Gasteiger partial charge in [-0.25, -0.2) is 4.99 Å². The summed E-state index contributed by atoms with van der Waals surface area (Å²) in [6, 6.07) is 18.4. The normalized spacial score (nSPS) is 15.0. The van der Waals surface area contributed by atoms with Crippen molar-refractivity contribution in [3.63, 3.8) is 0 Å². The molecule has 23 heavy (non-hydrogen) atoms. The Hall–Kier alpha value is -2.17. The Morgan fingerprint density at radius 2 is 1.70 bits per heavy atom. The molecule has 0 bridgehead atoms. The zero-order chi connectivity index (χ0) is 16.1. The standard InChI is InChI=1S/C18H14ClN3S/c1-13-7-9-15(10-8-13)18(14-5-3-2-4-6-14)21-17-11-16(19)12-20-22-23-17/h2-12H,1H3/b21-18+. The lowest BCUT2D eigenvalue weighted by Crippen LogP contribution is -2.03. The van der Waals surface area contributed by atoms with Gasteiger partial charge in [-0.3, -0.25) is 0 Å². The van der Waals surface area contributed by atoms with Crippen LogP contribution in [0.5, 0.6) is 0 Å². The second-order valence-corrected chi connectivity index (χ2v) is 6.18. The molecule has 1 aliphatic rings. The highest BCUT2D eigenvalue weighted by molar-refractivity contribution is 8.01. The lowest BCUT2D eigenvalue weighted by molar-refractivity contribution is 1.34. The van der Waals surface area contributed by atoms with Crippen molar-refractivity contribution in [2.24, 2.45) is 14.6 Å². The van der Waals surface area contributed by atoms with Crippen molar-refractivity contribution in [1.29, 1.82) is 0 Å². The zero-order valence-corrected chi connectivity index (χ0v) is 14.1. The van der Waals surface area contributed by atoms with Gasteiger partial charge in [0.25, 0.3) is 0 Å². The zero-order valence-electron chi connectivity index (χ0n) is 12.5. The van der Waals surface area contributed by atoms with Crippen LogP contribution in [-0.4, -0.2) is 5.71 Å². The molecule has 0 saturated carbocycles. The third-order valence-electron chi connectivity index (χ3n) is 3.22. The average molecular weight is 340 g/mol. The number of benzene rings is 2. The van der Waals surface area contributed by atoms with E-state index in [-0.39, 0.29) is 0 Å². The third kappa shape index (κ3) is 4.18. The first kappa shape index (κ1) is 15.7. The van der Waals surface area contributed by atoms with E-state index in [1.807, 2.05) is 30.3 Å². The minimum absolute atomic E-state index is 0.508. The predicted molar refractivity (Wildman–Crippen MR) is 97.7 cm³/mol. The minimum atomic E-state index is 0.508. The molecule has 0 fully saturated rings. The second kappa shape index (κ2) is 7.40. The topological polar surface area (TPSA) is 37.1 Å². The predicted octanol–water partition coefficient (Wildman–Crippen LogP) is 5.87. The van der Waals surface area contributed by atoms with Gasteiger partial charge in [0.15, 0.2) is 0 Å². The van der Waals surface area contributed by atoms with Crippen LogP contribution in [0.4, 0.5) is 0 Å². The van der Waals surface area contributed by atoms with Gasteiger partial charge in [0.2, 0.25) is 0 Å². The van der Waals surface area contributed by atoms with Crippen molar-refractivity contribution in [2.75, 3.05) is 0 Å². The van der Waals surface area contributed by atoms with Crippen molar-refractivity contribution >= 4 is 29.3 Å². The number of hydrogen-bond donors (Lipinski definition) is 0. The molecule has 114 valence electrons. The number of aryl methyl sites for hydroxylation is 1. The van der Waals surface area contributed by atoms with E-state index < -0.39 is 0 Å². The fraction of sp³-hybridized carbons (Fsp3) is 0.0556. The molecule has 0 unspecified atom stereocenters. The van der Waals surface area contributed by atoms with Crippen LogP contribution in [0.2, 0.25) is 0 Å². The maximum Gasteiger partial charge on any atom is 0.123 e.